The molecular weight excluding hydrogens is 343 g/mol. The largest absolute Gasteiger partial charge is 0.507 e. The average molecular weight is 366 g/mol. The molecule has 0 bridgehead atoms. The number of hydrogen-bond acceptors (Lipinski definition) is 3. The van der Waals surface area contributed by atoms with Crippen LogP contribution >= 0.6 is 0 Å². The summed E-state index contributed by atoms with van der Waals surface area (Å²) in [5.74, 6) is 0.486. The highest BCUT2D eigenvalue weighted by Gasteiger charge is 2.27. The normalized spacial score (nSPS) is 20.1. The number of benzene rings is 2. The summed E-state index contributed by atoms with van der Waals surface area (Å²) in [6.07, 6.45) is 3.29. The second-order valence-corrected chi connectivity index (χ2v) is 6.84. The van der Waals surface area contributed by atoms with E-state index >= 15 is 0 Å². The number of aromatic hydroxyl groups is 1. The number of carbonyl (C=O) groups excluding carboxylic acids is 1. The number of hydrogen-bond donors (Lipinski definition) is 3. The van der Waals surface area contributed by atoms with Crippen LogP contribution in [-0.2, 0) is 4.79 Å². The van der Waals surface area contributed by atoms with Crippen molar-refractivity contribution < 1.29 is 14.3 Å². The molecule has 1 aliphatic heterocycles. The lowest BCUT2D eigenvalue weighted by atomic mass is 9.76. The SMILES string of the molecule is C=C1C(=O)Nc2cc(O)c(-c3ccc(C4CC(N)C4)cc3)cc21.C=CCF. The second-order valence-electron chi connectivity index (χ2n) is 6.84. The first kappa shape index (κ1) is 18.9. The fraction of sp³-hybridized carbons (Fsp3) is 0.227. The molecule has 4 rings (SSSR count). The summed E-state index contributed by atoms with van der Waals surface area (Å²) in [7, 11) is 0. The molecule has 1 amide bonds. The first-order valence-electron chi connectivity index (χ1n) is 8.85. The number of nitrogens with two attached hydrogens (primary N) is 1. The number of nitrogens with one attached hydrogen (secondary N) is 1. The Balaban J connectivity index is 0.000000481. The Morgan fingerprint density at radius 2 is 1.85 bits per heavy atom. The first-order chi connectivity index (χ1) is 12.9. The van der Waals surface area contributed by atoms with E-state index < -0.39 is 6.67 Å². The molecule has 1 aliphatic carbocycles. The highest BCUT2D eigenvalue weighted by molar-refractivity contribution is 6.31. The van der Waals surface area contributed by atoms with Crippen LogP contribution in [0.4, 0.5) is 10.1 Å². The van der Waals surface area contributed by atoms with Crippen LogP contribution in [0, 0.1) is 0 Å². The summed E-state index contributed by atoms with van der Waals surface area (Å²) in [5, 5.41) is 13.0. The smallest absolute Gasteiger partial charge is 0.255 e. The highest BCUT2D eigenvalue weighted by atomic mass is 19.1. The number of fused-ring (bicyclic) bond motifs is 1. The van der Waals surface area contributed by atoms with Crippen molar-refractivity contribution in [2.75, 3.05) is 12.0 Å². The number of halogens is 1. The number of rotatable bonds is 3. The summed E-state index contributed by atoms with van der Waals surface area (Å²) >= 11 is 0. The van der Waals surface area contributed by atoms with Gasteiger partial charge in [-0.15, -0.1) is 6.58 Å². The van der Waals surface area contributed by atoms with Crippen LogP contribution in [0.2, 0.25) is 0 Å². The maximum atomic E-state index is 11.7. The molecule has 0 spiro atoms. The monoisotopic (exact) mass is 366 g/mol. The number of carbonyl (C=O) groups is 1. The summed E-state index contributed by atoms with van der Waals surface area (Å²) in [4.78, 5) is 11.7. The van der Waals surface area contributed by atoms with Crippen LogP contribution in [0.25, 0.3) is 16.7 Å². The van der Waals surface area contributed by atoms with Crippen LogP contribution in [0.3, 0.4) is 0 Å². The van der Waals surface area contributed by atoms with Gasteiger partial charge >= 0.3 is 0 Å². The molecule has 2 aliphatic rings. The third kappa shape index (κ3) is 3.78. The zero-order valence-electron chi connectivity index (χ0n) is 15.0. The van der Waals surface area contributed by atoms with Crippen molar-refractivity contribution in [3.63, 3.8) is 0 Å². The van der Waals surface area contributed by atoms with Gasteiger partial charge in [-0.25, -0.2) is 4.39 Å². The Kier molecular flexibility index (Phi) is 5.42. The molecule has 4 nitrogen and oxygen atoms in total. The van der Waals surface area contributed by atoms with Crippen molar-refractivity contribution in [1.82, 2.24) is 0 Å². The molecule has 1 saturated carbocycles. The van der Waals surface area contributed by atoms with Gasteiger partial charge in [-0.1, -0.05) is 36.9 Å². The molecule has 0 unspecified atom stereocenters. The predicted molar refractivity (Wildman–Crippen MR) is 107 cm³/mol. The highest BCUT2D eigenvalue weighted by Crippen LogP contribution is 2.41. The third-order valence-corrected chi connectivity index (χ3v) is 4.96. The lowest BCUT2D eigenvalue weighted by Gasteiger charge is -2.32. The van der Waals surface area contributed by atoms with Crippen molar-refractivity contribution in [1.29, 1.82) is 0 Å². The predicted octanol–water partition coefficient (Wildman–Crippen LogP) is 4.37. The Morgan fingerprint density at radius 3 is 2.41 bits per heavy atom. The first-order valence-corrected chi connectivity index (χ1v) is 8.85. The number of phenolic OH excluding ortho intramolecular Hbond substituents is 1. The van der Waals surface area contributed by atoms with Gasteiger partial charge in [-0.05, 0) is 36.0 Å². The minimum absolute atomic E-state index is 0.150. The molecule has 4 N–H and O–H groups in total. The number of amides is 1. The number of phenols is 1. The number of allylic oxidation sites excluding steroid dienone is 1. The Morgan fingerprint density at radius 1 is 1.22 bits per heavy atom. The molecule has 0 radical (unpaired) electrons. The summed E-state index contributed by atoms with van der Waals surface area (Å²) in [5.41, 5.74) is 10.6. The van der Waals surface area contributed by atoms with Crippen molar-refractivity contribution in [2.24, 2.45) is 5.73 Å². The van der Waals surface area contributed by atoms with Crippen LogP contribution in [0.1, 0.15) is 29.9 Å². The molecule has 0 saturated heterocycles. The van der Waals surface area contributed by atoms with E-state index in [0.717, 1.165) is 24.0 Å². The van der Waals surface area contributed by atoms with Gasteiger partial charge < -0.3 is 16.2 Å². The van der Waals surface area contributed by atoms with Crippen molar-refractivity contribution in [3.8, 4) is 16.9 Å². The van der Waals surface area contributed by atoms with E-state index in [-0.39, 0.29) is 11.7 Å². The van der Waals surface area contributed by atoms with Crippen molar-refractivity contribution >= 4 is 17.2 Å². The van der Waals surface area contributed by atoms with E-state index in [0.29, 0.717) is 28.8 Å². The lowest BCUT2D eigenvalue weighted by Crippen LogP contribution is -2.34. The molecular formula is C22H23FN2O2. The molecule has 2 aromatic carbocycles. The molecule has 0 aromatic heterocycles. The van der Waals surface area contributed by atoms with E-state index in [4.69, 9.17) is 5.73 Å². The van der Waals surface area contributed by atoms with Gasteiger partial charge in [-0.3, -0.25) is 4.79 Å². The lowest BCUT2D eigenvalue weighted by molar-refractivity contribution is -0.110. The van der Waals surface area contributed by atoms with Gasteiger partial charge in [0.15, 0.2) is 0 Å². The van der Waals surface area contributed by atoms with Gasteiger partial charge in [0.1, 0.15) is 12.4 Å². The standard InChI is InChI=1S/C19H18N2O2.C3H5F/c1-10-15-8-16(18(22)9-17(15)21-19(10)23)12-4-2-11(3-5-12)13-6-14(20)7-13;1-2-3-4/h2-5,8-9,13-14,22H,1,6-7,20H2,(H,21,23);2H,1,3H2. The number of anilines is 1. The Bertz CT molecular complexity index is 884. The minimum atomic E-state index is -0.417. The Labute approximate surface area is 158 Å². The van der Waals surface area contributed by atoms with Gasteiger partial charge in [0, 0.05) is 28.8 Å². The summed E-state index contributed by atoms with van der Waals surface area (Å²) in [6.45, 7) is 6.49. The van der Waals surface area contributed by atoms with Gasteiger partial charge in [0.05, 0.1) is 5.69 Å². The van der Waals surface area contributed by atoms with E-state index in [1.807, 2.05) is 18.2 Å². The van der Waals surface area contributed by atoms with Crippen LogP contribution in [0.5, 0.6) is 5.75 Å². The fourth-order valence-corrected chi connectivity index (χ4v) is 3.36. The minimum Gasteiger partial charge on any atom is -0.507 e. The molecule has 140 valence electrons. The van der Waals surface area contributed by atoms with Gasteiger partial charge in [-0.2, -0.15) is 0 Å². The van der Waals surface area contributed by atoms with E-state index in [1.54, 1.807) is 6.07 Å². The van der Waals surface area contributed by atoms with Crippen molar-refractivity contribution in [3.05, 3.63) is 66.8 Å². The van der Waals surface area contributed by atoms with E-state index in [1.165, 1.54) is 11.6 Å². The number of alkyl halides is 1. The van der Waals surface area contributed by atoms with Gasteiger partial charge in [0.2, 0.25) is 0 Å². The summed E-state index contributed by atoms with van der Waals surface area (Å²) in [6, 6.07) is 11.9. The van der Waals surface area contributed by atoms with Gasteiger partial charge in [0.25, 0.3) is 5.91 Å². The molecule has 1 heterocycles. The maximum absolute atomic E-state index is 11.7. The van der Waals surface area contributed by atoms with Crippen molar-refractivity contribution in [2.45, 2.75) is 24.8 Å². The summed E-state index contributed by atoms with van der Waals surface area (Å²) < 4.78 is 10.6. The molecule has 2 aromatic rings. The zero-order chi connectivity index (χ0) is 19.6. The van der Waals surface area contributed by atoms with Crippen LogP contribution in [0.15, 0.2) is 55.6 Å². The second kappa shape index (κ2) is 7.76. The molecule has 5 heteroatoms. The maximum Gasteiger partial charge on any atom is 0.255 e. The zero-order valence-corrected chi connectivity index (χ0v) is 15.0. The molecule has 27 heavy (non-hydrogen) atoms. The van der Waals surface area contributed by atoms with Crippen LogP contribution in [-0.4, -0.2) is 23.7 Å². The topological polar surface area (TPSA) is 75.3 Å². The molecule has 0 atom stereocenters. The third-order valence-electron chi connectivity index (χ3n) is 4.96. The average Bonchev–Trinajstić information content (AvgIpc) is 2.92. The van der Waals surface area contributed by atoms with E-state index in [2.05, 4.69) is 30.6 Å². The van der Waals surface area contributed by atoms with E-state index in [9.17, 15) is 14.3 Å². The quantitative estimate of drug-likeness (QED) is 0.558. The van der Waals surface area contributed by atoms with Crippen LogP contribution < -0.4 is 11.1 Å². The Hall–Kier alpha value is -2.92. The fourth-order valence-electron chi connectivity index (χ4n) is 3.36. The molecule has 1 fully saturated rings.